The number of nitrogens with zero attached hydrogens (tertiary/aromatic N) is 1. The fourth-order valence-electron chi connectivity index (χ4n) is 1.14. The van der Waals surface area contributed by atoms with Crippen molar-refractivity contribution in [2.75, 3.05) is 14.2 Å². The molecular formula is C10H14N2OS. The molecule has 14 heavy (non-hydrogen) atoms. The van der Waals surface area contributed by atoms with E-state index in [2.05, 4.69) is 23.7 Å². The lowest BCUT2D eigenvalue weighted by Gasteiger charge is -1.95. The van der Waals surface area contributed by atoms with Crippen molar-refractivity contribution in [2.45, 2.75) is 6.92 Å². The van der Waals surface area contributed by atoms with Crippen LogP contribution in [0, 0.1) is 6.92 Å². The van der Waals surface area contributed by atoms with Crippen LogP contribution in [-0.4, -0.2) is 19.1 Å². The van der Waals surface area contributed by atoms with Crippen LogP contribution >= 0.6 is 11.3 Å². The third-order valence-corrected chi connectivity index (χ3v) is 2.65. The lowest BCUT2D eigenvalue weighted by atomic mass is 10.3. The summed E-state index contributed by atoms with van der Waals surface area (Å²) in [5, 5.41) is 1.19. The van der Waals surface area contributed by atoms with Gasteiger partial charge in [0.2, 0.25) is 5.88 Å². The van der Waals surface area contributed by atoms with E-state index in [1.165, 1.54) is 17.3 Å². The van der Waals surface area contributed by atoms with E-state index in [1.54, 1.807) is 18.4 Å². The smallest absolute Gasteiger partial charge is 0.214 e. The van der Waals surface area contributed by atoms with E-state index in [0.29, 0.717) is 5.88 Å². The van der Waals surface area contributed by atoms with Crippen LogP contribution in [0.5, 0.6) is 5.88 Å². The van der Waals surface area contributed by atoms with Gasteiger partial charge in [-0.2, -0.15) is 0 Å². The van der Waals surface area contributed by atoms with Crippen molar-refractivity contribution >= 4 is 21.6 Å². The van der Waals surface area contributed by atoms with Crippen molar-refractivity contribution in [3.05, 3.63) is 23.1 Å². The number of aromatic nitrogens is 1. The fraction of sp³-hybridized carbons (Fsp3) is 0.300. The first-order chi connectivity index (χ1) is 6.79. The Bertz CT molecular complexity index is 411. The number of thiophene rings is 1. The van der Waals surface area contributed by atoms with Crippen LogP contribution in [-0.2, 0) is 0 Å². The molecule has 0 unspecified atom stereocenters. The maximum Gasteiger partial charge on any atom is 0.214 e. The number of hydrogen-bond acceptors (Lipinski definition) is 4. The molecule has 0 aliphatic rings. The zero-order valence-corrected chi connectivity index (χ0v) is 9.39. The molecule has 2 heterocycles. The van der Waals surface area contributed by atoms with Crippen molar-refractivity contribution in [3.8, 4) is 5.88 Å². The van der Waals surface area contributed by atoms with Crippen molar-refractivity contribution < 1.29 is 4.74 Å². The molecule has 0 spiro atoms. The van der Waals surface area contributed by atoms with Crippen molar-refractivity contribution in [3.63, 3.8) is 0 Å². The van der Waals surface area contributed by atoms with Crippen LogP contribution in [0.3, 0.4) is 0 Å². The fourth-order valence-corrected chi connectivity index (χ4v) is 2.01. The Kier molecular flexibility index (Phi) is 3.85. The minimum Gasteiger partial charge on any atom is -0.481 e. The van der Waals surface area contributed by atoms with Crippen LogP contribution in [0.1, 0.15) is 4.88 Å². The second-order valence-corrected chi connectivity index (χ2v) is 3.84. The highest BCUT2D eigenvalue weighted by Gasteiger charge is 2.00. The molecule has 0 amide bonds. The molecule has 0 atom stereocenters. The first kappa shape index (κ1) is 10.9. The van der Waals surface area contributed by atoms with E-state index in [0.717, 1.165) is 4.83 Å². The number of methoxy groups -OCH3 is 1. The SMILES string of the molecule is CN.COc1ccc2cc(C)sc2n1. The summed E-state index contributed by atoms with van der Waals surface area (Å²) in [7, 11) is 3.13. The minimum absolute atomic E-state index is 0.685. The second-order valence-electron chi connectivity index (χ2n) is 2.61. The summed E-state index contributed by atoms with van der Waals surface area (Å²) in [4.78, 5) is 6.64. The summed E-state index contributed by atoms with van der Waals surface area (Å²) in [5.41, 5.74) is 4.50. The molecule has 0 saturated carbocycles. The molecule has 2 aromatic heterocycles. The average Bonchev–Trinajstić information content (AvgIpc) is 2.59. The largest absolute Gasteiger partial charge is 0.481 e. The monoisotopic (exact) mass is 210 g/mol. The van der Waals surface area contributed by atoms with Gasteiger partial charge in [0.05, 0.1) is 7.11 Å². The first-order valence-corrected chi connectivity index (χ1v) is 5.10. The topological polar surface area (TPSA) is 48.1 Å². The molecule has 2 aromatic rings. The van der Waals surface area contributed by atoms with E-state index in [-0.39, 0.29) is 0 Å². The van der Waals surface area contributed by atoms with E-state index in [1.807, 2.05) is 12.1 Å². The summed E-state index contributed by atoms with van der Waals surface area (Å²) in [5.74, 6) is 0.685. The van der Waals surface area contributed by atoms with Gasteiger partial charge in [0.15, 0.2) is 0 Å². The number of aryl methyl sites for hydroxylation is 1. The standard InChI is InChI=1S/C9H9NOS.CH5N/c1-6-5-7-3-4-8(11-2)10-9(7)12-6;1-2/h3-5H,1-2H3;2H2,1H3. The molecule has 0 aromatic carbocycles. The molecule has 4 heteroatoms. The molecule has 76 valence electrons. The third kappa shape index (κ3) is 2.21. The van der Waals surface area contributed by atoms with E-state index < -0.39 is 0 Å². The molecule has 0 fully saturated rings. The lowest BCUT2D eigenvalue weighted by molar-refractivity contribution is 0.400. The van der Waals surface area contributed by atoms with Gasteiger partial charge in [-0.15, -0.1) is 11.3 Å². The van der Waals surface area contributed by atoms with Crippen LogP contribution < -0.4 is 10.5 Å². The van der Waals surface area contributed by atoms with Crippen LogP contribution in [0.4, 0.5) is 0 Å². The van der Waals surface area contributed by atoms with Crippen LogP contribution in [0.15, 0.2) is 18.2 Å². The number of pyridine rings is 1. The van der Waals surface area contributed by atoms with Gasteiger partial charge in [-0.3, -0.25) is 0 Å². The summed E-state index contributed by atoms with van der Waals surface area (Å²) in [6.45, 7) is 2.08. The van der Waals surface area contributed by atoms with Crippen LogP contribution in [0.25, 0.3) is 10.2 Å². The van der Waals surface area contributed by atoms with Gasteiger partial charge in [0, 0.05) is 16.3 Å². The summed E-state index contributed by atoms with van der Waals surface area (Å²) in [6.07, 6.45) is 0. The van der Waals surface area contributed by atoms with Crippen molar-refractivity contribution in [1.29, 1.82) is 0 Å². The average molecular weight is 210 g/mol. The molecule has 0 radical (unpaired) electrons. The quantitative estimate of drug-likeness (QED) is 0.785. The molecule has 0 aliphatic heterocycles. The van der Waals surface area contributed by atoms with E-state index in [9.17, 15) is 0 Å². The van der Waals surface area contributed by atoms with Crippen molar-refractivity contribution in [1.82, 2.24) is 4.98 Å². The maximum absolute atomic E-state index is 5.03. The summed E-state index contributed by atoms with van der Waals surface area (Å²) in [6, 6.07) is 6.05. The Morgan fingerprint density at radius 3 is 2.71 bits per heavy atom. The molecule has 0 aliphatic carbocycles. The predicted molar refractivity (Wildman–Crippen MR) is 61.0 cm³/mol. The van der Waals surface area contributed by atoms with Gasteiger partial charge in [-0.25, -0.2) is 4.98 Å². The minimum atomic E-state index is 0.685. The molecule has 0 saturated heterocycles. The van der Waals surface area contributed by atoms with Crippen LogP contribution in [0.2, 0.25) is 0 Å². The van der Waals surface area contributed by atoms with E-state index in [4.69, 9.17) is 4.74 Å². The Balaban J connectivity index is 0.000000461. The number of ether oxygens (including phenoxy) is 1. The predicted octanol–water partition coefficient (Wildman–Crippen LogP) is 2.19. The first-order valence-electron chi connectivity index (χ1n) is 4.28. The van der Waals surface area contributed by atoms with Gasteiger partial charge < -0.3 is 10.5 Å². The Morgan fingerprint density at radius 1 is 1.36 bits per heavy atom. The second kappa shape index (κ2) is 4.93. The third-order valence-electron chi connectivity index (χ3n) is 1.69. The maximum atomic E-state index is 5.03. The molecule has 2 rings (SSSR count). The molecule has 2 N–H and O–H groups in total. The number of fused-ring (bicyclic) bond motifs is 1. The Hall–Kier alpha value is -1.13. The highest BCUT2D eigenvalue weighted by Crippen LogP contribution is 2.24. The van der Waals surface area contributed by atoms with Gasteiger partial charge >= 0.3 is 0 Å². The van der Waals surface area contributed by atoms with Gasteiger partial charge in [0.25, 0.3) is 0 Å². The zero-order valence-electron chi connectivity index (χ0n) is 8.57. The number of rotatable bonds is 1. The molecule has 0 bridgehead atoms. The number of nitrogens with two attached hydrogens (primary N) is 1. The Labute approximate surface area is 87.5 Å². The summed E-state index contributed by atoms with van der Waals surface area (Å²) < 4.78 is 5.03. The zero-order chi connectivity index (χ0) is 10.6. The van der Waals surface area contributed by atoms with E-state index >= 15 is 0 Å². The molecular weight excluding hydrogens is 196 g/mol. The highest BCUT2D eigenvalue weighted by atomic mass is 32.1. The normalized spacial score (nSPS) is 9.43. The van der Waals surface area contributed by atoms with Gasteiger partial charge in [-0.1, -0.05) is 0 Å². The molecule has 3 nitrogen and oxygen atoms in total. The summed E-state index contributed by atoms with van der Waals surface area (Å²) >= 11 is 1.69. The van der Waals surface area contributed by atoms with Gasteiger partial charge in [-0.05, 0) is 26.1 Å². The Morgan fingerprint density at radius 2 is 2.07 bits per heavy atom. The number of hydrogen-bond donors (Lipinski definition) is 1. The lowest BCUT2D eigenvalue weighted by Crippen LogP contribution is -1.84. The highest BCUT2D eigenvalue weighted by molar-refractivity contribution is 7.18. The van der Waals surface area contributed by atoms with Crippen molar-refractivity contribution in [2.24, 2.45) is 5.73 Å². The van der Waals surface area contributed by atoms with Gasteiger partial charge in [0.1, 0.15) is 4.83 Å².